The first kappa shape index (κ1) is 15.1. The first-order valence-electron chi connectivity index (χ1n) is 5.45. The Balaban J connectivity index is 3.00. The fourth-order valence-electron chi connectivity index (χ4n) is 2.04. The minimum atomic E-state index is -4.94. The highest BCUT2D eigenvalue weighted by atomic mass is 19.4. The van der Waals surface area contributed by atoms with E-state index >= 15 is 0 Å². The Bertz CT molecular complexity index is 715. The lowest BCUT2D eigenvalue weighted by Crippen LogP contribution is -2.11. The highest BCUT2D eigenvalue weighted by Crippen LogP contribution is 2.44. The molecule has 0 aromatic heterocycles. The minimum absolute atomic E-state index is 0.138. The zero-order valence-corrected chi connectivity index (χ0v) is 10.0. The van der Waals surface area contributed by atoms with Crippen molar-refractivity contribution in [3.05, 3.63) is 41.0 Å². The molecule has 0 saturated heterocycles. The van der Waals surface area contributed by atoms with Crippen molar-refractivity contribution in [2.45, 2.75) is 12.4 Å². The van der Waals surface area contributed by atoms with Crippen LogP contribution in [0.2, 0.25) is 0 Å². The fourth-order valence-corrected chi connectivity index (χ4v) is 2.04. The van der Waals surface area contributed by atoms with E-state index in [-0.39, 0.29) is 24.0 Å². The Hall–Kier alpha value is -2.25. The van der Waals surface area contributed by atoms with Gasteiger partial charge in [0.25, 0.3) is 0 Å². The van der Waals surface area contributed by atoms with Crippen LogP contribution in [-0.4, -0.2) is 11.4 Å². The Kier molecular flexibility index (Phi) is 3.35. The quantitative estimate of drug-likeness (QED) is 0.626. The third-order valence-corrected chi connectivity index (χ3v) is 2.86. The van der Waals surface area contributed by atoms with E-state index in [1.165, 1.54) is 0 Å². The lowest BCUT2D eigenvalue weighted by molar-refractivity contribution is -0.139. The van der Waals surface area contributed by atoms with Gasteiger partial charge in [-0.25, -0.2) is 0 Å². The molecule has 2 aromatic rings. The first-order chi connectivity index (χ1) is 9.55. The van der Waals surface area contributed by atoms with Crippen LogP contribution in [0.15, 0.2) is 24.3 Å². The molecule has 0 aliphatic heterocycles. The van der Waals surface area contributed by atoms with E-state index in [2.05, 4.69) is 0 Å². The van der Waals surface area contributed by atoms with E-state index in [9.17, 15) is 36.2 Å². The molecule has 0 unspecified atom stereocenters. The summed E-state index contributed by atoms with van der Waals surface area (Å²) in [5.74, 6) is -1.03. The molecule has 0 radical (unpaired) electrons. The maximum atomic E-state index is 12.9. The monoisotopic (exact) mass is 308 g/mol. The summed E-state index contributed by atoms with van der Waals surface area (Å²) in [6.45, 7) is 0. The molecular formula is C13H6F6O2. The largest absolute Gasteiger partial charge is 0.507 e. The Morgan fingerprint density at radius 1 is 0.905 bits per heavy atom. The van der Waals surface area contributed by atoms with E-state index in [1.54, 1.807) is 0 Å². The van der Waals surface area contributed by atoms with Crippen LogP contribution < -0.4 is 0 Å². The summed E-state index contributed by atoms with van der Waals surface area (Å²) >= 11 is 0. The summed E-state index contributed by atoms with van der Waals surface area (Å²) in [7, 11) is 0. The second kappa shape index (κ2) is 4.64. The Morgan fingerprint density at radius 2 is 1.43 bits per heavy atom. The van der Waals surface area contributed by atoms with Crippen molar-refractivity contribution >= 4 is 17.1 Å². The number of carbonyl (C=O) groups is 1. The predicted molar refractivity (Wildman–Crippen MR) is 61.0 cm³/mol. The highest BCUT2D eigenvalue weighted by Gasteiger charge is 2.38. The summed E-state index contributed by atoms with van der Waals surface area (Å²) in [6, 6.07) is 1.88. The highest BCUT2D eigenvalue weighted by molar-refractivity contribution is 5.98. The molecular weight excluding hydrogens is 302 g/mol. The topological polar surface area (TPSA) is 37.3 Å². The van der Waals surface area contributed by atoms with Gasteiger partial charge in [-0.1, -0.05) is 0 Å². The molecule has 0 heterocycles. The first-order valence-corrected chi connectivity index (χ1v) is 5.45. The number of fused-ring (bicyclic) bond motifs is 1. The summed E-state index contributed by atoms with van der Waals surface area (Å²) in [6.07, 6.45) is -9.72. The number of hydrogen-bond acceptors (Lipinski definition) is 2. The fraction of sp³-hybridized carbons (Fsp3) is 0.154. The third kappa shape index (κ3) is 2.65. The number of phenolic OH excluding ortho intramolecular Hbond substituents is 1. The van der Waals surface area contributed by atoms with Crippen LogP contribution in [0.4, 0.5) is 26.3 Å². The molecule has 0 saturated carbocycles. The van der Waals surface area contributed by atoms with Crippen LogP contribution in [-0.2, 0) is 12.4 Å². The van der Waals surface area contributed by atoms with E-state index in [0.29, 0.717) is 12.1 Å². The van der Waals surface area contributed by atoms with Crippen LogP contribution in [0.5, 0.6) is 5.75 Å². The molecule has 0 spiro atoms. The summed E-state index contributed by atoms with van der Waals surface area (Å²) < 4.78 is 77.1. The van der Waals surface area contributed by atoms with Crippen LogP contribution in [0, 0.1) is 0 Å². The van der Waals surface area contributed by atoms with Crippen LogP contribution in [0.3, 0.4) is 0 Å². The van der Waals surface area contributed by atoms with Gasteiger partial charge in [-0.05, 0) is 29.7 Å². The van der Waals surface area contributed by atoms with Gasteiger partial charge >= 0.3 is 12.4 Å². The number of phenols is 1. The molecule has 0 amide bonds. The molecule has 8 heteroatoms. The van der Waals surface area contributed by atoms with Gasteiger partial charge < -0.3 is 5.11 Å². The summed E-state index contributed by atoms with van der Waals surface area (Å²) in [5, 5.41) is 7.73. The summed E-state index contributed by atoms with van der Waals surface area (Å²) in [5.41, 5.74) is -3.12. The van der Waals surface area contributed by atoms with Gasteiger partial charge in [0.1, 0.15) is 12.0 Å². The number of rotatable bonds is 1. The van der Waals surface area contributed by atoms with E-state index < -0.39 is 40.0 Å². The molecule has 0 aliphatic rings. The zero-order chi connectivity index (χ0) is 16.0. The molecule has 2 aromatic carbocycles. The molecule has 0 atom stereocenters. The number of benzene rings is 2. The van der Waals surface area contributed by atoms with E-state index in [0.717, 1.165) is 0 Å². The van der Waals surface area contributed by atoms with Gasteiger partial charge in [0, 0.05) is 10.9 Å². The average molecular weight is 308 g/mol. The van der Waals surface area contributed by atoms with Crippen LogP contribution in [0.1, 0.15) is 21.5 Å². The number of aromatic hydroxyl groups is 1. The average Bonchev–Trinajstić information content (AvgIpc) is 2.34. The van der Waals surface area contributed by atoms with E-state index in [1.807, 2.05) is 0 Å². The molecule has 2 nitrogen and oxygen atoms in total. The number of alkyl halides is 6. The zero-order valence-electron chi connectivity index (χ0n) is 10.0. The van der Waals surface area contributed by atoms with Crippen molar-refractivity contribution in [2.75, 3.05) is 0 Å². The smallest absolute Gasteiger partial charge is 0.417 e. The van der Waals surface area contributed by atoms with Crippen molar-refractivity contribution < 1.29 is 36.2 Å². The Morgan fingerprint density at radius 3 is 1.90 bits per heavy atom. The number of aldehydes is 1. The second-order valence-corrected chi connectivity index (χ2v) is 4.24. The summed E-state index contributed by atoms with van der Waals surface area (Å²) in [4.78, 5) is 10.6. The number of carbonyl (C=O) groups excluding carboxylic acids is 1. The molecule has 0 fully saturated rings. The van der Waals surface area contributed by atoms with Crippen molar-refractivity contribution in [1.82, 2.24) is 0 Å². The number of halogens is 6. The van der Waals surface area contributed by atoms with Gasteiger partial charge in [-0.3, -0.25) is 4.79 Å². The predicted octanol–water partition coefficient (Wildman–Crippen LogP) is 4.40. The van der Waals surface area contributed by atoms with E-state index in [4.69, 9.17) is 0 Å². The standard InChI is InChI=1S/C13H6F6O2/c14-12(15,16)8-1-2-9(13(17,18)19)11-7(8)3-6(5-20)4-10(11)21/h1-5,21H. The van der Waals surface area contributed by atoms with Crippen molar-refractivity contribution in [3.8, 4) is 5.75 Å². The maximum Gasteiger partial charge on any atom is 0.417 e. The molecule has 21 heavy (non-hydrogen) atoms. The SMILES string of the molecule is O=Cc1cc(O)c2c(C(F)(F)F)ccc(C(F)(F)F)c2c1. The second-order valence-electron chi connectivity index (χ2n) is 4.24. The van der Waals surface area contributed by atoms with Crippen molar-refractivity contribution in [3.63, 3.8) is 0 Å². The third-order valence-electron chi connectivity index (χ3n) is 2.86. The molecule has 0 aliphatic carbocycles. The van der Waals surface area contributed by atoms with Gasteiger partial charge in [0.05, 0.1) is 11.1 Å². The normalized spacial score (nSPS) is 12.7. The lowest BCUT2D eigenvalue weighted by Gasteiger charge is -2.16. The van der Waals surface area contributed by atoms with Gasteiger partial charge in [0.2, 0.25) is 0 Å². The number of hydrogen-bond donors (Lipinski definition) is 1. The lowest BCUT2D eigenvalue weighted by atomic mass is 9.96. The van der Waals surface area contributed by atoms with Crippen LogP contribution in [0.25, 0.3) is 10.8 Å². The molecule has 0 bridgehead atoms. The molecule has 112 valence electrons. The Labute approximate surface area is 113 Å². The molecule has 1 N–H and O–H groups in total. The van der Waals surface area contributed by atoms with Crippen molar-refractivity contribution in [2.24, 2.45) is 0 Å². The minimum Gasteiger partial charge on any atom is -0.507 e. The van der Waals surface area contributed by atoms with Crippen molar-refractivity contribution in [1.29, 1.82) is 0 Å². The van der Waals surface area contributed by atoms with Gasteiger partial charge in [-0.15, -0.1) is 0 Å². The molecule has 2 rings (SSSR count). The van der Waals surface area contributed by atoms with Gasteiger partial charge in [0.15, 0.2) is 0 Å². The van der Waals surface area contributed by atoms with Gasteiger partial charge in [-0.2, -0.15) is 26.3 Å². The van der Waals surface area contributed by atoms with Crippen LogP contribution >= 0.6 is 0 Å². The maximum absolute atomic E-state index is 12.9.